The maximum Gasteiger partial charge on any atom is 0.185 e. The van der Waals surface area contributed by atoms with Gasteiger partial charge < -0.3 is 8.98 Å². The summed E-state index contributed by atoms with van der Waals surface area (Å²) in [5.41, 5.74) is 8.39. The number of pyridine rings is 1. The molecule has 9 aromatic carbocycles. The third-order valence-electron chi connectivity index (χ3n) is 13.7. The first kappa shape index (κ1) is 36.5. The lowest BCUT2D eigenvalue weighted by molar-refractivity contribution is 0.668. The molecule has 0 N–H and O–H groups in total. The van der Waals surface area contributed by atoms with Gasteiger partial charge in [-0.1, -0.05) is 176 Å². The van der Waals surface area contributed by atoms with Gasteiger partial charge in [0.25, 0.3) is 0 Å². The summed E-state index contributed by atoms with van der Waals surface area (Å²) in [4.78, 5) is 4.96. The molecule has 65 heavy (non-hydrogen) atoms. The fourth-order valence-corrected chi connectivity index (χ4v) is 17.9. The van der Waals surface area contributed by atoms with E-state index >= 15 is 0 Å². The highest BCUT2D eigenvalue weighted by Gasteiger charge is 2.45. The zero-order valence-corrected chi connectivity index (χ0v) is 36.8. The van der Waals surface area contributed by atoms with Gasteiger partial charge in [-0.3, -0.25) is 4.57 Å². The molecule has 5 aromatic heterocycles. The first-order valence-corrected chi connectivity index (χ1v) is 24.9. The van der Waals surface area contributed by atoms with Crippen molar-refractivity contribution in [2.45, 2.75) is 0 Å². The molecule has 0 saturated heterocycles. The van der Waals surface area contributed by atoms with Crippen molar-refractivity contribution in [2.24, 2.45) is 0 Å². The highest BCUT2D eigenvalue weighted by atomic mass is 32.1. The Morgan fingerprint density at radius 2 is 0.831 bits per heavy atom. The Bertz CT molecular complexity index is 3820. The van der Waals surface area contributed by atoms with Gasteiger partial charge in [-0.2, -0.15) is 0 Å². The second-order valence-electron chi connectivity index (χ2n) is 17.0. The molecule has 0 bridgehead atoms. The van der Waals surface area contributed by atoms with Crippen molar-refractivity contribution in [3.63, 3.8) is 0 Å². The van der Waals surface area contributed by atoms with E-state index in [0.29, 0.717) is 0 Å². The van der Waals surface area contributed by atoms with Gasteiger partial charge in [-0.15, -0.1) is 11.3 Å². The van der Waals surface area contributed by atoms with Gasteiger partial charge >= 0.3 is 0 Å². The molecule has 4 nitrogen and oxygen atoms in total. The van der Waals surface area contributed by atoms with Crippen LogP contribution < -0.4 is 20.7 Å². The van der Waals surface area contributed by atoms with Crippen molar-refractivity contribution in [1.82, 2.24) is 14.1 Å². The molecule has 0 spiro atoms. The van der Waals surface area contributed by atoms with Gasteiger partial charge in [0.1, 0.15) is 11.2 Å². The maximum absolute atomic E-state index is 7.51. The number of hydrogen-bond acceptors (Lipinski definition) is 3. The highest BCUT2D eigenvalue weighted by Crippen LogP contribution is 2.42. The van der Waals surface area contributed by atoms with Gasteiger partial charge in [-0.05, 0) is 63.2 Å². The number of aromatic nitrogens is 3. The molecule has 0 atom stereocenters. The van der Waals surface area contributed by atoms with E-state index in [4.69, 9.17) is 9.40 Å². The average molecular weight is 864 g/mol. The van der Waals surface area contributed by atoms with Gasteiger partial charge in [0.15, 0.2) is 13.7 Å². The molecule has 0 aliphatic heterocycles. The normalized spacial score (nSPS) is 12.3. The molecular formula is C59H37N3OSSi. The number of benzene rings is 9. The van der Waals surface area contributed by atoms with E-state index in [0.717, 1.165) is 44.2 Å². The summed E-state index contributed by atoms with van der Waals surface area (Å²) >= 11 is 1.93. The van der Waals surface area contributed by atoms with Crippen LogP contribution in [0.15, 0.2) is 229 Å². The van der Waals surface area contributed by atoms with Crippen molar-refractivity contribution < 1.29 is 4.42 Å². The van der Waals surface area contributed by atoms with Crippen molar-refractivity contribution in [1.29, 1.82) is 0 Å². The summed E-state index contributed by atoms with van der Waals surface area (Å²) in [6.45, 7) is 0. The average Bonchev–Trinajstić information content (AvgIpc) is 4.14. The third-order valence-corrected chi connectivity index (χ3v) is 20.0. The third kappa shape index (κ3) is 5.03. The predicted molar refractivity (Wildman–Crippen MR) is 277 cm³/mol. The first-order valence-electron chi connectivity index (χ1n) is 22.1. The molecule has 0 amide bonds. The van der Waals surface area contributed by atoms with Crippen molar-refractivity contribution in [3.05, 3.63) is 225 Å². The lowest BCUT2D eigenvalue weighted by Gasteiger charge is -2.34. The van der Waals surface area contributed by atoms with Crippen LogP contribution in [0, 0.1) is 0 Å². The molecule has 0 saturated carbocycles. The topological polar surface area (TPSA) is 35.9 Å². The van der Waals surface area contributed by atoms with Crippen LogP contribution in [0.3, 0.4) is 0 Å². The Hall–Kier alpha value is -8.03. The minimum atomic E-state index is -3.21. The van der Waals surface area contributed by atoms with E-state index in [2.05, 4.69) is 221 Å². The van der Waals surface area contributed by atoms with Crippen LogP contribution in [-0.2, 0) is 0 Å². The highest BCUT2D eigenvalue weighted by molar-refractivity contribution is 7.31. The van der Waals surface area contributed by atoms with Crippen LogP contribution in [0.1, 0.15) is 0 Å². The van der Waals surface area contributed by atoms with Crippen LogP contribution in [-0.4, -0.2) is 22.2 Å². The second kappa shape index (κ2) is 14.0. The Kier molecular flexibility index (Phi) is 7.84. The number of fused-ring (bicyclic) bond motifs is 12. The van der Waals surface area contributed by atoms with Crippen molar-refractivity contribution in [2.75, 3.05) is 0 Å². The van der Waals surface area contributed by atoms with E-state index in [1.165, 1.54) is 73.8 Å². The molecule has 14 aromatic rings. The van der Waals surface area contributed by atoms with Gasteiger partial charge in [0.05, 0.1) is 32.6 Å². The molecule has 0 fully saturated rings. The fraction of sp³-hybridized carbons (Fsp3) is 0. The molecule has 5 heterocycles. The fourth-order valence-electron chi connectivity index (χ4n) is 11.1. The smallest absolute Gasteiger partial charge is 0.185 e. The molecule has 0 unspecified atom stereocenters. The number of rotatable bonds is 6. The summed E-state index contributed by atoms with van der Waals surface area (Å²) in [5.74, 6) is 0. The zero-order chi connectivity index (χ0) is 42.6. The van der Waals surface area contributed by atoms with Crippen LogP contribution in [0.2, 0.25) is 0 Å². The number of thiophene rings is 1. The summed E-state index contributed by atoms with van der Waals surface area (Å²) < 4.78 is 14.8. The predicted octanol–water partition coefficient (Wildman–Crippen LogP) is 12.9. The summed E-state index contributed by atoms with van der Waals surface area (Å²) in [5, 5.41) is 14.7. The van der Waals surface area contributed by atoms with Crippen molar-refractivity contribution in [3.8, 4) is 11.4 Å². The van der Waals surface area contributed by atoms with E-state index in [1.54, 1.807) is 0 Å². The van der Waals surface area contributed by atoms with Crippen molar-refractivity contribution >= 4 is 126 Å². The minimum absolute atomic E-state index is 0.850. The van der Waals surface area contributed by atoms with Crippen LogP contribution in [0.4, 0.5) is 0 Å². The molecule has 304 valence electrons. The number of hydrogen-bond donors (Lipinski definition) is 0. The quantitative estimate of drug-likeness (QED) is 0.123. The maximum atomic E-state index is 7.51. The van der Waals surface area contributed by atoms with E-state index in [-0.39, 0.29) is 0 Å². The van der Waals surface area contributed by atoms with E-state index < -0.39 is 8.07 Å². The monoisotopic (exact) mass is 863 g/mol. The Balaban J connectivity index is 1.10. The molecule has 14 rings (SSSR count). The van der Waals surface area contributed by atoms with Crippen LogP contribution >= 0.6 is 11.3 Å². The largest absolute Gasteiger partial charge is 0.454 e. The Morgan fingerprint density at radius 1 is 0.354 bits per heavy atom. The molecule has 0 radical (unpaired) electrons. The molecule has 0 aliphatic carbocycles. The first-order chi connectivity index (χ1) is 32.3. The molecular weight excluding hydrogens is 827 g/mol. The van der Waals surface area contributed by atoms with Crippen LogP contribution in [0.25, 0.3) is 97.2 Å². The number of furan rings is 1. The van der Waals surface area contributed by atoms with Crippen LogP contribution in [0.5, 0.6) is 0 Å². The number of para-hydroxylation sites is 5. The standard InChI is InChI=1S/C59H37N3OSSi/c1-3-18-38(19-4-1)65(39-20-5-2-6-21-39,53-35-15-26-44-43-25-13-33-51(55(43)63-56(44)53)62-50-32-12-9-24-42(50)47-29-17-37-60-59(47)62)54-36-16-28-46-45-27-14-34-52(57(45)64-58(46)54)61-48-30-10-7-22-40(48)41-23-8-11-31-49(41)61/h1-37H. The van der Waals surface area contributed by atoms with Gasteiger partial charge in [-0.25, -0.2) is 4.98 Å². The lowest BCUT2D eigenvalue weighted by atomic mass is 10.1. The Morgan fingerprint density at radius 3 is 1.49 bits per heavy atom. The summed E-state index contributed by atoms with van der Waals surface area (Å²) in [6, 6.07) is 80.2. The zero-order valence-electron chi connectivity index (χ0n) is 35.0. The lowest BCUT2D eigenvalue weighted by Crippen LogP contribution is -2.74. The molecule has 6 heteroatoms. The van der Waals surface area contributed by atoms with Gasteiger partial charge in [0.2, 0.25) is 0 Å². The van der Waals surface area contributed by atoms with E-state index in [1.807, 2.05) is 23.6 Å². The van der Waals surface area contributed by atoms with E-state index in [9.17, 15) is 0 Å². The minimum Gasteiger partial charge on any atom is -0.454 e. The second-order valence-corrected chi connectivity index (χ2v) is 21.7. The number of nitrogens with zero attached hydrogens (tertiary/aromatic N) is 3. The van der Waals surface area contributed by atoms with Gasteiger partial charge in [0, 0.05) is 54.0 Å². The summed E-state index contributed by atoms with van der Waals surface area (Å²) in [7, 11) is -3.21. The molecule has 0 aliphatic rings. The Labute approximate surface area is 378 Å². The summed E-state index contributed by atoms with van der Waals surface area (Å²) in [6.07, 6.45) is 1.88. The SMILES string of the molecule is c1ccc([Si](c2ccccc2)(c2cccc3c2oc2c(-n4c5ccccc5c5cccnc54)cccc23)c2cccc3c2sc2c(-n4c5ccccc5c5ccccc54)cccc23)cc1.